The molecule has 0 saturated heterocycles. The van der Waals surface area contributed by atoms with Gasteiger partial charge in [0.2, 0.25) is 5.95 Å². The zero-order chi connectivity index (χ0) is 14.6. The Balaban J connectivity index is 3.31. The first-order chi connectivity index (χ1) is 8.86. The lowest BCUT2D eigenvalue weighted by Crippen LogP contribution is -2.13. The van der Waals surface area contributed by atoms with Crippen LogP contribution in [0.1, 0.15) is 24.6 Å². The Morgan fingerprint density at radius 1 is 1.58 bits per heavy atom. The van der Waals surface area contributed by atoms with Gasteiger partial charge < -0.3 is 4.74 Å². The molecule has 0 unspecified atom stereocenters. The van der Waals surface area contributed by atoms with E-state index in [1.165, 1.54) is 6.92 Å². The molecule has 0 N–H and O–H groups in total. The maximum atomic E-state index is 12.9. The number of hydrogen-bond acceptors (Lipinski definition) is 5. The van der Waals surface area contributed by atoms with Crippen LogP contribution in [0, 0.1) is 16.1 Å². The number of ether oxygens (including phenoxy) is 1. The van der Waals surface area contributed by atoms with Gasteiger partial charge in [-0.3, -0.25) is 14.9 Å². The molecule has 0 bridgehead atoms. The summed E-state index contributed by atoms with van der Waals surface area (Å²) >= 11 is 0. The molecule has 0 aliphatic rings. The van der Waals surface area contributed by atoms with Gasteiger partial charge in [0, 0.05) is 0 Å². The smallest absolute Gasteiger partial charge is 0.310 e. The Bertz CT molecular complexity index is 508. The lowest BCUT2D eigenvalue weighted by atomic mass is 10.1. The number of pyridine rings is 1. The lowest BCUT2D eigenvalue weighted by molar-refractivity contribution is -0.385. The molecule has 1 heterocycles. The number of nitrogens with zero attached hydrogens (tertiary/aromatic N) is 2. The van der Waals surface area contributed by atoms with Crippen LogP contribution in [0.25, 0.3) is 0 Å². The molecule has 6 nitrogen and oxygen atoms in total. The lowest BCUT2D eigenvalue weighted by Gasteiger charge is -2.08. The SMILES string of the molecule is CCOC(=O)Cc1c([N+](=O)[O-])cc(F)nc1C(F)F. The number of aromatic nitrogens is 1. The normalized spacial score (nSPS) is 10.6. The zero-order valence-electron chi connectivity index (χ0n) is 9.73. The Hall–Kier alpha value is -2.19. The topological polar surface area (TPSA) is 82.3 Å². The quantitative estimate of drug-likeness (QED) is 0.357. The molecule has 19 heavy (non-hydrogen) atoms. The molecule has 0 radical (unpaired) electrons. The summed E-state index contributed by atoms with van der Waals surface area (Å²) in [7, 11) is 0. The fraction of sp³-hybridized carbons (Fsp3) is 0.400. The first-order valence-electron chi connectivity index (χ1n) is 5.14. The standard InChI is InChI=1S/C10H9F3N2O4/c1-2-19-8(16)3-5-6(15(17)18)4-7(11)14-9(5)10(12)13/h4,10H,2-3H2,1H3. The van der Waals surface area contributed by atoms with E-state index in [0.717, 1.165) is 0 Å². The van der Waals surface area contributed by atoms with Gasteiger partial charge in [0.15, 0.2) is 0 Å². The van der Waals surface area contributed by atoms with E-state index in [0.29, 0.717) is 6.07 Å². The molecule has 0 aliphatic heterocycles. The van der Waals surface area contributed by atoms with Crippen LogP contribution < -0.4 is 0 Å². The number of carbonyl (C=O) groups is 1. The molecule has 9 heteroatoms. The van der Waals surface area contributed by atoms with Gasteiger partial charge in [0.25, 0.3) is 12.1 Å². The van der Waals surface area contributed by atoms with Crippen molar-refractivity contribution in [2.75, 3.05) is 6.61 Å². The summed E-state index contributed by atoms with van der Waals surface area (Å²) in [5.41, 5.74) is -2.68. The van der Waals surface area contributed by atoms with E-state index in [-0.39, 0.29) is 6.61 Å². The van der Waals surface area contributed by atoms with Gasteiger partial charge in [0.1, 0.15) is 5.69 Å². The highest BCUT2D eigenvalue weighted by molar-refractivity contribution is 5.74. The molecule has 1 aromatic heterocycles. The molecule has 0 spiro atoms. The largest absolute Gasteiger partial charge is 0.466 e. The van der Waals surface area contributed by atoms with E-state index in [2.05, 4.69) is 9.72 Å². The summed E-state index contributed by atoms with van der Waals surface area (Å²) < 4.78 is 42.8. The Labute approximate surface area is 105 Å². The third kappa shape index (κ3) is 3.63. The molecule has 104 valence electrons. The van der Waals surface area contributed by atoms with E-state index in [1.807, 2.05) is 0 Å². The first kappa shape index (κ1) is 14.9. The van der Waals surface area contributed by atoms with Crippen molar-refractivity contribution >= 4 is 11.7 Å². The third-order valence-electron chi connectivity index (χ3n) is 2.13. The van der Waals surface area contributed by atoms with Gasteiger partial charge >= 0.3 is 5.97 Å². The molecule has 0 fully saturated rings. The number of halogens is 3. The number of alkyl halides is 2. The van der Waals surface area contributed by atoms with Gasteiger partial charge in [-0.1, -0.05) is 0 Å². The van der Waals surface area contributed by atoms with Gasteiger partial charge in [-0.05, 0) is 6.92 Å². The average Bonchev–Trinajstić information content (AvgIpc) is 2.30. The van der Waals surface area contributed by atoms with E-state index >= 15 is 0 Å². The van der Waals surface area contributed by atoms with Gasteiger partial charge in [-0.25, -0.2) is 13.8 Å². The molecule has 0 aromatic carbocycles. The maximum absolute atomic E-state index is 12.9. The molecule has 1 rings (SSSR count). The monoisotopic (exact) mass is 278 g/mol. The fourth-order valence-corrected chi connectivity index (χ4v) is 1.43. The van der Waals surface area contributed by atoms with Gasteiger partial charge in [-0.2, -0.15) is 4.39 Å². The van der Waals surface area contributed by atoms with Crippen LogP contribution >= 0.6 is 0 Å². The fourth-order valence-electron chi connectivity index (χ4n) is 1.43. The number of carbonyl (C=O) groups excluding carboxylic acids is 1. The minimum atomic E-state index is -3.24. The highest BCUT2D eigenvalue weighted by Gasteiger charge is 2.28. The van der Waals surface area contributed by atoms with Crippen LogP contribution in [-0.4, -0.2) is 22.5 Å². The number of hydrogen-bond donors (Lipinski definition) is 0. The molecule has 1 aromatic rings. The maximum Gasteiger partial charge on any atom is 0.310 e. The second-order valence-corrected chi connectivity index (χ2v) is 3.37. The van der Waals surface area contributed by atoms with E-state index in [9.17, 15) is 28.1 Å². The van der Waals surface area contributed by atoms with Crippen molar-refractivity contribution in [1.29, 1.82) is 0 Å². The number of esters is 1. The summed E-state index contributed by atoms with van der Waals surface area (Å²) in [4.78, 5) is 23.8. The highest BCUT2D eigenvalue weighted by atomic mass is 19.3. The second-order valence-electron chi connectivity index (χ2n) is 3.37. The zero-order valence-corrected chi connectivity index (χ0v) is 9.73. The summed E-state index contributed by atoms with van der Waals surface area (Å²) in [5.74, 6) is -2.34. The van der Waals surface area contributed by atoms with Crippen molar-refractivity contribution < 1.29 is 27.6 Å². The predicted molar refractivity (Wildman–Crippen MR) is 56.1 cm³/mol. The van der Waals surface area contributed by atoms with Crippen molar-refractivity contribution in [2.45, 2.75) is 19.8 Å². The van der Waals surface area contributed by atoms with Crippen molar-refractivity contribution in [3.8, 4) is 0 Å². The Morgan fingerprint density at radius 3 is 2.68 bits per heavy atom. The van der Waals surface area contributed by atoms with Crippen LogP contribution in [0.4, 0.5) is 18.9 Å². The molecule has 0 saturated carbocycles. The molecule has 0 atom stereocenters. The van der Waals surface area contributed by atoms with Crippen molar-refractivity contribution in [3.63, 3.8) is 0 Å². The summed E-state index contributed by atoms with van der Waals surface area (Å²) in [6, 6.07) is 0.389. The van der Waals surface area contributed by atoms with Gasteiger partial charge in [0.05, 0.1) is 29.6 Å². The summed E-state index contributed by atoms with van der Waals surface area (Å²) in [5, 5.41) is 10.7. The minimum Gasteiger partial charge on any atom is -0.466 e. The second kappa shape index (κ2) is 6.12. The first-order valence-corrected chi connectivity index (χ1v) is 5.14. The van der Waals surface area contributed by atoms with E-state index < -0.39 is 46.6 Å². The van der Waals surface area contributed by atoms with Crippen molar-refractivity contribution in [3.05, 3.63) is 33.4 Å². The van der Waals surface area contributed by atoms with Crippen LogP contribution in [0.2, 0.25) is 0 Å². The van der Waals surface area contributed by atoms with Crippen molar-refractivity contribution in [1.82, 2.24) is 4.98 Å². The molecular formula is C10H9F3N2O4. The minimum absolute atomic E-state index is 0.00866. The summed E-state index contributed by atoms with van der Waals surface area (Å²) in [6.07, 6.45) is -4.00. The van der Waals surface area contributed by atoms with Crippen LogP contribution in [0.5, 0.6) is 0 Å². The molecular weight excluding hydrogens is 269 g/mol. The van der Waals surface area contributed by atoms with E-state index in [1.54, 1.807) is 0 Å². The van der Waals surface area contributed by atoms with Crippen LogP contribution in [0.3, 0.4) is 0 Å². The highest BCUT2D eigenvalue weighted by Crippen LogP contribution is 2.29. The Kier molecular flexibility index (Phi) is 4.79. The third-order valence-corrected chi connectivity index (χ3v) is 2.13. The van der Waals surface area contributed by atoms with Gasteiger partial charge in [-0.15, -0.1) is 0 Å². The van der Waals surface area contributed by atoms with E-state index in [4.69, 9.17) is 0 Å². The van der Waals surface area contributed by atoms with Crippen LogP contribution in [-0.2, 0) is 16.0 Å². The van der Waals surface area contributed by atoms with Crippen LogP contribution in [0.15, 0.2) is 6.07 Å². The number of rotatable bonds is 5. The summed E-state index contributed by atoms with van der Waals surface area (Å²) in [6.45, 7) is 1.48. The molecule has 0 aliphatic carbocycles. The Morgan fingerprint density at radius 2 is 2.21 bits per heavy atom. The predicted octanol–water partition coefficient (Wildman–Crippen LogP) is 2.17. The number of nitro groups is 1. The van der Waals surface area contributed by atoms with Crippen molar-refractivity contribution in [2.24, 2.45) is 0 Å². The molecule has 0 amide bonds. The average molecular weight is 278 g/mol.